The minimum Gasteiger partial charge on any atom is -0.368 e. The molecule has 0 heterocycles. The van der Waals surface area contributed by atoms with Crippen molar-refractivity contribution in [3.63, 3.8) is 0 Å². The Bertz CT molecular complexity index is 140. The lowest BCUT2D eigenvalue weighted by Crippen LogP contribution is -2.45. The van der Waals surface area contributed by atoms with Crippen LogP contribution in [0, 0.1) is 0 Å². The van der Waals surface area contributed by atoms with Gasteiger partial charge in [-0.15, -0.1) is 0 Å². The summed E-state index contributed by atoms with van der Waals surface area (Å²) < 4.78 is 0. The smallest absolute Gasteiger partial charge is 0.0920 e. The summed E-state index contributed by atoms with van der Waals surface area (Å²) in [5.74, 6) is 0.884. The van der Waals surface area contributed by atoms with E-state index >= 15 is 0 Å². The third-order valence-electron chi connectivity index (χ3n) is 1.05. The highest BCUT2D eigenvalue weighted by molar-refractivity contribution is 4.97. The summed E-state index contributed by atoms with van der Waals surface area (Å²) in [6.45, 7) is 16.6. The first-order valence-electron chi connectivity index (χ1n) is 4.35. The first-order valence-corrected chi connectivity index (χ1v) is 4.35. The zero-order valence-corrected chi connectivity index (χ0v) is 9.21. The molecule has 0 bridgehead atoms. The van der Waals surface area contributed by atoms with Gasteiger partial charge in [-0.3, -0.25) is 0 Å². The van der Waals surface area contributed by atoms with Crippen molar-refractivity contribution in [2.45, 2.75) is 52.6 Å². The monoisotopic (exact) mass is 170 g/mol. The Kier molecular flexibility index (Phi) is 3.19. The van der Waals surface area contributed by atoms with Crippen LogP contribution in [0.5, 0.6) is 0 Å². The average Bonchev–Trinajstić information content (AvgIpc) is 1.49. The molecule has 72 valence electrons. The van der Waals surface area contributed by atoms with Crippen LogP contribution < -0.4 is 10.6 Å². The molecule has 2 N–H and O–H groups in total. The largest absolute Gasteiger partial charge is 0.368 e. The van der Waals surface area contributed by atoms with Crippen molar-refractivity contribution in [1.82, 2.24) is 10.6 Å². The lowest BCUT2D eigenvalue weighted by molar-refractivity contribution is 0.399. The van der Waals surface area contributed by atoms with Gasteiger partial charge in [-0.25, -0.2) is 0 Å². The van der Waals surface area contributed by atoms with Crippen molar-refractivity contribution in [2.75, 3.05) is 0 Å². The van der Waals surface area contributed by atoms with Gasteiger partial charge in [0.15, 0.2) is 0 Å². The maximum atomic E-state index is 3.90. The molecule has 2 nitrogen and oxygen atoms in total. The Balaban J connectivity index is 3.92. The van der Waals surface area contributed by atoms with E-state index in [1.54, 1.807) is 0 Å². The van der Waals surface area contributed by atoms with Gasteiger partial charge in [0.05, 0.1) is 5.82 Å². The highest BCUT2D eigenvalue weighted by Crippen LogP contribution is 2.05. The molecule has 0 saturated carbocycles. The van der Waals surface area contributed by atoms with E-state index in [0.717, 1.165) is 5.82 Å². The first-order chi connectivity index (χ1) is 5.10. The number of hydrogen-bond acceptors (Lipinski definition) is 2. The van der Waals surface area contributed by atoms with E-state index in [-0.39, 0.29) is 11.1 Å². The number of hydrogen-bond donors (Lipinski definition) is 2. The van der Waals surface area contributed by atoms with Gasteiger partial charge in [-0.2, -0.15) is 0 Å². The molecule has 0 amide bonds. The van der Waals surface area contributed by atoms with Crippen molar-refractivity contribution in [1.29, 1.82) is 0 Å². The third kappa shape index (κ3) is 7.45. The van der Waals surface area contributed by atoms with Crippen LogP contribution in [-0.2, 0) is 0 Å². The van der Waals surface area contributed by atoms with E-state index in [1.807, 2.05) is 0 Å². The molecule has 0 aliphatic heterocycles. The van der Waals surface area contributed by atoms with Gasteiger partial charge in [0.1, 0.15) is 0 Å². The van der Waals surface area contributed by atoms with Crippen molar-refractivity contribution in [3.8, 4) is 0 Å². The standard InChI is InChI=1S/C10H22N2/c1-8(11-9(2,3)4)12-10(5,6)7/h11-12H,1H2,2-7H3. The molecule has 0 aliphatic rings. The van der Waals surface area contributed by atoms with Gasteiger partial charge in [-0.05, 0) is 41.5 Å². The van der Waals surface area contributed by atoms with Gasteiger partial charge >= 0.3 is 0 Å². The maximum absolute atomic E-state index is 3.90. The van der Waals surface area contributed by atoms with E-state index in [9.17, 15) is 0 Å². The fourth-order valence-electron chi connectivity index (χ4n) is 0.937. The predicted molar refractivity (Wildman–Crippen MR) is 54.9 cm³/mol. The SMILES string of the molecule is C=C(NC(C)(C)C)NC(C)(C)C. The maximum Gasteiger partial charge on any atom is 0.0920 e. The van der Waals surface area contributed by atoms with Crippen molar-refractivity contribution in [3.05, 3.63) is 12.4 Å². The summed E-state index contributed by atoms with van der Waals surface area (Å²) in [4.78, 5) is 0. The highest BCUT2D eigenvalue weighted by Gasteiger charge is 2.14. The van der Waals surface area contributed by atoms with E-state index in [2.05, 4.69) is 58.8 Å². The third-order valence-corrected chi connectivity index (χ3v) is 1.05. The molecule has 0 aromatic carbocycles. The van der Waals surface area contributed by atoms with E-state index in [0.29, 0.717) is 0 Å². The summed E-state index contributed by atoms with van der Waals surface area (Å²) >= 11 is 0. The number of nitrogens with one attached hydrogen (secondary N) is 2. The first kappa shape index (κ1) is 11.3. The van der Waals surface area contributed by atoms with Gasteiger partial charge in [0.2, 0.25) is 0 Å². The Morgan fingerprint density at radius 1 is 0.833 bits per heavy atom. The summed E-state index contributed by atoms with van der Waals surface area (Å²) in [6.07, 6.45) is 0. The molecule has 0 aromatic rings. The summed E-state index contributed by atoms with van der Waals surface area (Å²) in [5.41, 5.74) is 0.157. The lowest BCUT2D eigenvalue weighted by atomic mass is 10.1. The fraction of sp³-hybridized carbons (Fsp3) is 0.800. The topological polar surface area (TPSA) is 24.1 Å². The van der Waals surface area contributed by atoms with Crippen molar-refractivity contribution in [2.24, 2.45) is 0 Å². The zero-order valence-electron chi connectivity index (χ0n) is 9.21. The molecule has 0 fully saturated rings. The van der Waals surface area contributed by atoms with Crippen molar-refractivity contribution < 1.29 is 0 Å². The van der Waals surface area contributed by atoms with E-state index < -0.39 is 0 Å². The second-order valence-electron chi connectivity index (χ2n) is 5.23. The minimum absolute atomic E-state index is 0.0787. The quantitative estimate of drug-likeness (QED) is 0.664. The highest BCUT2D eigenvalue weighted by atomic mass is 15.1. The Morgan fingerprint density at radius 2 is 1.08 bits per heavy atom. The van der Waals surface area contributed by atoms with Crippen LogP contribution in [0.3, 0.4) is 0 Å². The van der Waals surface area contributed by atoms with Crippen LogP contribution >= 0.6 is 0 Å². The molecule has 0 saturated heterocycles. The number of rotatable bonds is 2. The van der Waals surface area contributed by atoms with Crippen LogP contribution in [0.2, 0.25) is 0 Å². The summed E-state index contributed by atoms with van der Waals surface area (Å²) in [5, 5.41) is 6.54. The molecule has 0 rings (SSSR count). The second-order valence-corrected chi connectivity index (χ2v) is 5.23. The molecule has 0 aliphatic carbocycles. The molecule has 12 heavy (non-hydrogen) atoms. The molecule has 0 unspecified atom stereocenters. The molecule has 0 radical (unpaired) electrons. The molecular formula is C10H22N2. The lowest BCUT2D eigenvalue weighted by Gasteiger charge is -2.29. The molecule has 0 aromatic heterocycles. The minimum atomic E-state index is 0.0787. The predicted octanol–water partition coefficient (Wildman–Crippen LogP) is 2.23. The van der Waals surface area contributed by atoms with Gasteiger partial charge in [-0.1, -0.05) is 6.58 Å². The van der Waals surface area contributed by atoms with Crippen LogP contribution in [0.15, 0.2) is 12.4 Å². The van der Waals surface area contributed by atoms with Gasteiger partial charge in [0.25, 0.3) is 0 Å². The van der Waals surface area contributed by atoms with Crippen LogP contribution in [0.25, 0.3) is 0 Å². The zero-order chi connectivity index (χ0) is 9.99. The van der Waals surface area contributed by atoms with Gasteiger partial charge < -0.3 is 10.6 Å². The summed E-state index contributed by atoms with van der Waals surface area (Å²) in [6, 6.07) is 0. The van der Waals surface area contributed by atoms with Crippen LogP contribution in [-0.4, -0.2) is 11.1 Å². The van der Waals surface area contributed by atoms with Crippen molar-refractivity contribution >= 4 is 0 Å². The van der Waals surface area contributed by atoms with Gasteiger partial charge in [0, 0.05) is 11.1 Å². The van der Waals surface area contributed by atoms with Crippen LogP contribution in [0.1, 0.15) is 41.5 Å². The summed E-state index contributed by atoms with van der Waals surface area (Å²) in [7, 11) is 0. The Labute approximate surface area is 76.4 Å². The molecule has 2 heteroatoms. The van der Waals surface area contributed by atoms with Crippen LogP contribution in [0.4, 0.5) is 0 Å². The normalized spacial score (nSPS) is 12.5. The average molecular weight is 170 g/mol. The molecule has 0 spiro atoms. The molecule has 0 atom stereocenters. The van der Waals surface area contributed by atoms with E-state index in [1.165, 1.54) is 0 Å². The Morgan fingerprint density at radius 3 is 1.25 bits per heavy atom. The van der Waals surface area contributed by atoms with E-state index in [4.69, 9.17) is 0 Å². The Hall–Kier alpha value is -0.660. The molecular weight excluding hydrogens is 148 g/mol. The fourth-order valence-corrected chi connectivity index (χ4v) is 0.937. The second kappa shape index (κ2) is 3.38.